The van der Waals surface area contributed by atoms with E-state index in [1.807, 2.05) is 0 Å². The van der Waals surface area contributed by atoms with Gasteiger partial charge in [-0.2, -0.15) is 0 Å². The van der Waals surface area contributed by atoms with Crippen molar-refractivity contribution in [3.05, 3.63) is 18.2 Å². The number of hydrogen-bond donors (Lipinski definition) is 3. The van der Waals surface area contributed by atoms with Crippen LogP contribution in [0.25, 0.3) is 0 Å². The van der Waals surface area contributed by atoms with Crippen molar-refractivity contribution in [3.63, 3.8) is 0 Å². The van der Waals surface area contributed by atoms with E-state index in [-0.39, 0.29) is 31.0 Å². The maximum atomic E-state index is 10.5. The minimum absolute atomic E-state index is 0. The van der Waals surface area contributed by atoms with Gasteiger partial charge in [-0.25, -0.2) is 4.21 Å². The number of rotatable bonds is 1. The summed E-state index contributed by atoms with van der Waals surface area (Å²) in [6.45, 7) is 0. The van der Waals surface area contributed by atoms with E-state index < -0.39 is 11.1 Å². The molecular weight excluding hydrogens is 205 g/mol. The van der Waals surface area contributed by atoms with E-state index in [2.05, 4.69) is 12.6 Å². The molecule has 1 unspecified atom stereocenters. The molecule has 0 heterocycles. The monoisotopic (exact) mass is 213 g/mol. The van der Waals surface area contributed by atoms with Crippen molar-refractivity contribution in [1.29, 1.82) is 0 Å². The third-order valence-corrected chi connectivity index (χ3v) is 2.27. The van der Waals surface area contributed by atoms with Crippen LogP contribution < -0.4 is 35.3 Å². The zero-order chi connectivity index (χ0) is 8.43. The van der Waals surface area contributed by atoms with Crippen molar-refractivity contribution in [2.45, 2.75) is 9.79 Å². The van der Waals surface area contributed by atoms with E-state index in [1.54, 1.807) is 6.07 Å². The van der Waals surface area contributed by atoms with Gasteiger partial charge in [-0.05, 0) is 18.2 Å². The van der Waals surface area contributed by atoms with Gasteiger partial charge < -0.3 is 11.7 Å². The molecule has 3 nitrogen and oxygen atoms in total. The van der Waals surface area contributed by atoms with Crippen molar-refractivity contribution in [2.75, 3.05) is 5.73 Å². The van der Waals surface area contributed by atoms with E-state index in [4.69, 9.17) is 10.3 Å². The number of anilines is 1. The normalized spacial score (nSPS) is 11.8. The molecule has 0 radical (unpaired) electrons. The predicted molar refractivity (Wildman–Crippen MR) is 48.3 cm³/mol. The van der Waals surface area contributed by atoms with Crippen LogP contribution in [-0.4, -0.2) is 8.76 Å². The summed E-state index contributed by atoms with van der Waals surface area (Å²) in [7, 11) is 0. The van der Waals surface area contributed by atoms with Gasteiger partial charge in [0, 0.05) is 10.6 Å². The van der Waals surface area contributed by atoms with Crippen molar-refractivity contribution in [3.8, 4) is 0 Å². The summed E-state index contributed by atoms with van der Waals surface area (Å²) in [5.74, 6) is 0. The summed E-state index contributed by atoms with van der Waals surface area (Å²) < 4.78 is 19.1. The molecule has 0 aliphatic rings. The fourth-order valence-corrected chi connectivity index (χ4v) is 1.19. The van der Waals surface area contributed by atoms with Gasteiger partial charge in [-0.1, -0.05) is 0 Å². The maximum Gasteiger partial charge on any atom is 1.00 e. The number of benzene rings is 1. The topological polar surface area (TPSA) is 63.3 Å². The zero-order valence-electron chi connectivity index (χ0n) is 7.52. The van der Waals surface area contributed by atoms with Gasteiger partial charge in [0.25, 0.3) is 0 Å². The first-order valence-electron chi connectivity index (χ1n) is 2.80. The van der Waals surface area contributed by atoms with Gasteiger partial charge in [0.05, 0.1) is 4.90 Å². The van der Waals surface area contributed by atoms with E-state index in [9.17, 15) is 4.21 Å². The van der Waals surface area contributed by atoms with Crippen molar-refractivity contribution >= 4 is 29.4 Å². The fraction of sp³-hybridized carbons (Fsp3) is 0. The summed E-state index contributed by atoms with van der Waals surface area (Å²) in [4.78, 5) is 0.902. The quantitative estimate of drug-likeness (QED) is 0.224. The number of nitrogens with two attached hydrogens (primary N) is 1. The van der Waals surface area contributed by atoms with Crippen LogP contribution in [-0.2, 0) is 11.1 Å². The van der Waals surface area contributed by atoms with Crippen LogP contribution in [0.2, 0.25) is 0 Å². The number of hydrogen-bond acceptors (Lipinski definition) is 3. The summed E-state index contributed by atoms with van der Waals surface area (Å²) in [6, 6.07) is 4.52. The van der Waals surface area contributed by atoms with Crippen molar-refractivity contribution in [1.82, 2.24) is 0 Å². The summed E-state index contributed by atoms with van der Waals surface area (Å²) in [6.07, 6.45) is 0. The smallest absolute Gasteiger partial charge is 1.00 e. The van der Waals surface area contributed by atoms with Crippen LogP contribution in [0.4, 0.5) is 5.69 Å². The molecule has 0 saturated carbocycles. The minimum Gasteiger partial charge on any atom is -1.00 e. The molecular formula is C6H8NNaO2S2. The molecule has 1 atom stereocenters. The van der Waals surface area contributed by atoms with Crippen LogP contribution in [0.3, 0.4) is 0 Å². The zero-order valence-corrected chi connectivity index (χ0v) is 10.2. The molecule has 0 aliphatic carbocycles. The Labute approximate surface area is 102 Å². The molecule has 1 aromatic carbocycles. The first-order chi connectivity index (χ1) is 5.11. The molecule has 0 bridgehead atoms. The van der Waals surface area contributed by atoms with Crippen LogP contribution in [0.5, 0.6) is 0 Å². The number of nitrogen functional groups attached to an aromatic ring is 1. The molecule has 12 heavy (non-hydrogen) atoms. The molecule has 0 aromatic heterocycles. The average molecular weight is 213 g/mol. The van der Waals surface area contributed by atoms with E-state index >= 15 is 0 Å². The Morgan fingerprint density at radius 2 is 2.17 bits per heavy atom. The van der Waals surface area contributed by atoms with Crippen LogP contribution in [0, 0.1) is 0 Å². The summed E-state index contributed by atoms with van der Waals surface area (Å²) >= 11 is 2.05. The van der Waals surface area contributed by atoms with E-state index in [0.717, 1.165) is 0 Å². The Balaban J connectivity index is 0. The minimum atomic E-state index is -1.96. The maximum absolute atomic E-state index is 10.5. The molecule has 3 N–H and O–H groups in total. The third kappa shape index (κ3) is 3.08. The Morgan fingerprint density at radius 1 is 1.58 bits per heavy atom. The van der Waals surface area contributed by atoms with Gasteiger partial charge in [-0.3, -0.25) is 0 Å². The molecule has 1 rings (SSSR count). The van der Waals surface area contributed by atoms with Gasteiger partial charge in [-0.15, -0.1) is 12.6 Å². The number of thiol groups is 1. The Morgan fingerprint density at radius 3 is 2.58 bits per heavy atom. The van der Waals surface area contributed by atoms with E-state index in [0.29, 0.717) is 15.5 Å². The SMILES string of the molecule is Nc1cc(S(=O)O)ccc1S.[H-].[Na+]. The molecule has 0 fully saturated rings. The third-order valence-electron chi connectivity index (χ3n) is 1.20. The van der Waals surface area contributed by atoms with Gasteiger partial charge in [0.15, 0.2) is 11.1 Å². The van der Waals surface area contributed by atoms with Gasteiger partial charge in [0.2, 0.25) is 0 Å². The van der Waals surface area contributed by atoms with Crippen LogP contribution in [0.15, 0.2) is 28.0 Å². The second-order valence-electron chi connectivity index (χ2n) is 1.97. The molecule has 0 amide bonds. The molecule has 0 spiro atoms. The summed E-state index contributed by atoms with van der Waals surface area (Å²) in [5.41, 5.74) is 5.85. The van der Waals surface area contributed by atoms with Gasteiger partial charge in [0.1, 0.15) is 0 Å². The van der Waals surface area contributed by atoms with Crippen LogP contribution in [0.1, 0.15) is 1.43 Å². The summed E-state index contributed by atoms with van der Waals surface area (Å²) in [5, 5.41) is 0. The molecule has 0 saturated heterocycles. The fourth-order valence-electron chi connectivity index (χ4n) is 0.641. The van der Waals surface area contributed by atoms with E-state index in [1.165, 1.54) is 12.1 Å². The second-order valence-corrected chi connectivity index (χ2v) is 3.42. The van der Waals surface area contributed by atoms with Crippen molar-refractivity contribution in [2.24, 2.45) is 0 Å². The van der Waals surface area contributed by atoms with Crippen molar-refractivity contribution < 1.29 is 39.7 Å². The molecule has 6 heteroatoms. The second kappa shape index (κ2) is 5.26. The molecule has 0 aliphatic heterocycles. The Kier molecular flexibility index (Phi) is 5.47. The average Bonchev–Trinajstić information content (AvgIpc) is 1.94. The largest absolute Gasteiger partial charge is 1.00 e. The van der Waals surface area contributed by atoms with Gasteiger partial charge >= 0.3 is 29.6 Å². The first-order valence-corrected chi connectivity index (χ1v) is 4.36. The molecule has 62 valence electrons. The standard InChI is InChI=1S/C6H7NO2S2.Na.H/c7-5-3-4(11(8)9)1-2-6(5)10;;/h1-3,10H,7H2,(H,8,9);;/q;+1;-1. The Bertz CT molecular complexity index is 311. The predicted octanol–water partition coefficient (Wildman–Crippen LogP) is -1.75. The van der Waals surface area contributed by atoms with Crippen LogP contribution >= 0.6 is 12.6 Å². The molecule has 1 aromatic rings. The Hall–Kier alpha value is 0.480. The first kappa shape index (κ1) is 12.5.